The molecule has 1 atom stereocenters. The molecule has 0 N–H and O–H groups in total. The molecular formula is C32H22OS. The fraction of sp³-hybridized carbons (Fsp3) is 0.0625. The van der Waals surface area contributed by atoms with Crippen LogP contribution in [-0.2, 0) is 16.2 Å². The lowest BCUT2D eigenvalue weighted by Gasteiger charge is -2.30. The summed E-state index contributed by atoms with van der Waals surface area (Å²) in [5.74, 6) is 0. The summed E-state index contributed by atoms with van der Waals surface area (Å²) < 4.78 is 13.6. The third-order valence-corrected chi connectivity index (χ3v) is 8.80. The van der Waals surface area contributed by atoms with E-state index < -0.39 is 16.2 Å². The van der Waals surface area contributed by atoms with Gasteiger partial charge in [0.1, 0.15) is 0 Å². The van der Waals surface area contributed by atoms with Crippen molar-refractivity contribution in [2.45, 2.75) is 22.1 Å². The Hall–Kier alpha value is -3.75. The molecular weight excluding hydrogens is 432 g/mol. The minimum absolute atomic E-state index is 0.396. The van der Waals surface area contributed by atoms with Crippen molar-refractivity contribution >= 4 is 10.8 Å². The number of hydrogen-bond acceptors (Lipinski definition) is 1. The molecule has 2 aliphatic rings. The SMILES string of the molecule is Cc1ccc(S(=O)c2ccc3c(c2)C2(c4ccccc4-c4ccccc42)c2ccccc2-3)cc1. The van der Waals surface area contributed by atoms with E-state index in [-0.39, 0.29) is 0 Å². The molecule has 0 radical (unpaired) electrons. The molecule has 34 heavy (non-hydrogen) atoms. The molecule has 5 aromatic carbocycles. The molecule has 7 rings (SSSR count). The van der Waals surface area contributed by atoms with Gasteiger partial charge in [0.25, 0.3) is 0 Å². The van der Waals surface area contributed by atoms with E-state index in [9.17, 15) is 4.21 Å². The second-order valence-electron chi connectivity index (χ2n) is 9.18. The van der Waals surface area contributed by atoms with Crippen LogP contribution in [0.2, 0.25) is 0 Å². The van der Waals surface area contributed by atoms with E-state index in [0.29, 0.717) is 0 Å². The van der Waals surface area contributed by atoms with Crippen LogP contribution in [-0.4, -0.2) is 4.21 Å². The Morgan fingerprint density at radius 3 is 1.47 bits per heavy atom. The van der Waals surface area contributed by atoms with Gasteiger partial charge in [-0.25, -0.2) is 4.21 Å². The normalized spacial score (nSPS) is 14.9. The maximum atomic E-state index is 13.6. The van der Waals surface area contributed by atoms with Crippen molar-refractivity contribution in [1.29, 1.82) is 0 Å². The van der Waals surface area contributed by atoms with E-state index in [0.717, 1.165) is 9.79 Å². The Morgan fingerprint density at radius 2 is 0.941 bits per heavy atom. The average Bonchev–Trinajstić information content (AvgIpc) is 3.36. The van der Waals surface area contributed by atoms with Gasteiger partial charge < -0.3 is 0 Å². The van der Waals surface area contributed by atoms with Gasteiger partial charge in [-0.2, -0.15) is 0 Å². The van der Waals surface area contributed by atoms with Gasteiger partial charge in [-0.3, -0.25) is 0 Å². The van der Waals surface area contributed by atoms with Crippen molar-refractivity contribution < 1.29 is 4.21 Å². The summed E-state index contributed by atoms with van der Waals surface area (Å²) >= 11 is 0. The van der Waals surface area contributed by atoms with Gasteiger partial charge in [0.15, 0.2) is 0 Å². The first-order valence-corrected chi connectivity index (χ1v) is 12.8. The highest BCUT2D eigenvalue weighted by Crippen LogP contribution is 2.62. The molecule has 1 spiro atoms. The standard InChI is InChI=1S/C32H22OS/c1-21-14-16-22(17-15-21)34(33)23-18-19-27-26-10-4-7-13-30(26)32(31(27)20-23)28-11-5-2-8-24(28)25-9-3-6-12-29(25)32/h2-20H,1H3. The average molecular weight is 455 g/mol. The Morgan fingerprint density at radius 1 is 0.500 bits per heavy atom. The van der Waals surface area contributed by atoms with Crippen molar-refractivity contribution in [3.63, 3.8) is 0 Å². The van der Waals surface area contributed by atoms with E-state index in [1.54, 1.807) is 0 Å². The Kier molecular flexibility index (Phi) is 4.13. The van der Waals surface area contributed by atoms with Gasteiger partial charge >= 0.3 is 0 Å². The summed E-state index contributed by atoms with van der Waals surface area (Å²) in [6, 6.07) is 40.7. The van der Waals surface area contributed by atoms with Crippen LogP contribution in [0.25, 0.3) is 22.3 Å². The first-order valence-electron chi connectivity index (χ1n) is 11.6. The van der Waals surface area contributed by atoms with Crippen LogP contribution in [0.1, 0.15) is 27.8 Å². The molecule has 0 bridgehead atoms. The molecule has 1 nitrogen and oxygen atoms in total. The minimum Gasteiger partial charge on any atom is -0.249 e. The van der Waals surface area contributed by atoms with Crippen LogP contribution < -0.4 is 0 Å². The molecule has 2 aliphatic carbocycles. The van der Waals surface area contributed by atoms with E-state index in [2.05, 4.69) is 91.9 Å². The summed E-state index contributed by atoms with van der Waals surface area (Å²) in [7, 11) is -1.25. The maximum Gasteiger partial charge on any atom is 0.0849 e. The highest BCUT2D eigenvalue weighted by molar-refractivity contribution is 7.85. The van der Waals surface area contributed by atoms with Crippen LogP contribution in [0.5, 0.6) is 0 Å². The number of fused-ring (bicyclic) bond motifs is 10. The molecule has 162 valence electrons. The first-order chi connectivity index (χ1) is 16.7. The van der Waals surface area contributed by atoms with E-state index in [4.69, 9.17) is 0 Å². The quantitative estimate of drug-likeness (QED) is 0.264. The van der Waals surface area contributed by atoms with Crippen LogP contribution in [0.15, 0.2) is 125 Å². The first kappa shape index (κ1) is 19.7. The third-order valence-electron chi connectivity index (χ3n) is 7.42. The topological polar surface area (TPSA) is 17.1 Å². The second-order valence-corrected chi connectivity index (χ2v) is 10.7. The molecule has 0 fully saturated rings. The van der Waals surface area contributed by atoms with Gasteiger partial charge in [0, 0.05) is 9.79 Å². The zero-order chi connectivity index (χ0) is 22.9. The fourth-order valence-corrected chi connectivity index (χ4v) is 7.06. The van der Waals surface area contributed by atoms with E-state index in [1.807, 2.05) is 30.3 Å². The number of hydrogen-bond donors (Lipinski definition) is 0. The molecule has 0 saturated heterocycles. The highest BCUT2D eigenvalue weighted by atomic mass is 32.2. The molecule has 0 amide bonds. The zero-order valence-electron chi connectivity index (χ0n) is 18.8. The second kappa shape index (κ2) is 7.12. The lowest BCUT2D eigenvalue weighted by atomic mass is 9.70. The largest absolute Gasteiger partial charge is 0.249 e. The van der Waals surface area contributed by atoms with E-state index >= 15 is 0 Å². The van der Waals surface area contributed by atoms with Crippen molar-refractivity contribution in [1.82, 2.24) is 0 Å². The molecule has 5 aromatic rings. The monoisotopic (exact) mass is 454 g/mol. The molecule has 0 heterocycles. The lowest BCUT2D eigenvalue weighted by molar-refractivity contribution is 0.682. The third kappa shape index (κ3) is 2.47. The fourth-order valence-electron chi connectivity index (χ4n) is 5.99. The molecule has 2 heteroatoms. The summed E-state index contributed by atoms with van der Waals surface area (Å²) in [5, 5.41) is 0. The van der Waals surface area contributed by atoms with Gasteiger partial charge in [-0.05, 0) is 75.7 Å². The Bertz CT molecular complexity index is 1560. The summed E-state index contributed by atoms with van der Waals surface area (Å²) in [6.07, 6.45) is 0. The molecule has 0 aromatic heterocycles. The van der Waals surface area contributed by atoms with Gasteiger partial charge in [-0.1, -0.05) is 96.6 Å². The minimum atomic E-state index is -1.25. The maximum absolute atomic E-state index is 13.6. The molecule has 1 unspecified atom stereocenters. The summed E-state index contributed by atoms with van der Waals surface area (Å²) in [5.41, 5.74) is 11.0. The lowest BCUT2D eigenvalue weighted by Crippen LogP contribution is -2.26. The van der Waals surface area contributed by atoms with Crippen LogP contribution in [0.3, 0.4) is 0 Å². The van der Waals surface area contributed by atoms with Gasteiger partial charge in [-0.15, -0.1) is 0 Å². The predicted molar refractivity (Wildman–Crippen MR) is 139 cm³/mol. The van der Waals surface area contributed by atoms with Crippen LogP contribution in [0.4, 0.5) is 0 Å². The summed E-state index contributed by atoms with van der Waals surface area (Å²) in [4.78, 5) is 1.68. The van der Waals surface area contributed by atoms with Crippen molar-refractivity contribution in [2.24, 2.45) is 0 Å². The molecule has 0 aliphatic heterocycles. The molecule has 0 saturated carbocycles. The van der Waals surface area contributed by atoms with Crippen LogP contribution in [0, 0.1) is 6.92 Å². The smallest absolute Gasteiger partial charge is 0.0849 e. The van der Waals surface area contributed by atoms with Crippen molar-refractivity contribution in [2.75, 3.05) is 0 Å². The number of rotatable bonds is 2. The number of benzene rings is 5. The van der Waals surface area contributed by atoms with E-state index in [1.165, 1.54) is 50.1 Å². The van der Waals surface area contributed by atoms with Crippen LogP contribution >= 0.6 is 0 Å². The van der Waals surface area contributed by atoms with Gasteiger partial charge in [0.2, 0.25) is 0 Å². The summed E-state index contributed by atoms with van der Waals surface area (Å²) in [6.45, 7) is 2.05. The number of aryl methyl sites for hydroxylation is 1. The zero-order valence-corrected chi connectivity index (χ0v) is 19.6. The Balaban J connectivity index is 1.55. The predicted octanol–water partition coefficient (Wildman–Crippen LogP) is 7.51. The van der Waals surface area contributed by atoms with Gasteiger partial charge in [0.05, 0.1) is 16.2 Å². The van der Waals surface area contributed by atoms with Crippen molar-refractivity contribution in [3.8, 4) is 22.3 Å². The highest BCUT2D eigenvalue weighted by Gasteiger charge is 2.51. The Labute approximate surface area is 202 Å². The van der Waals surface area contributed by atoms with Crippen molar-refractivity contribution in [3.05, 3.63) is 143 Å².